The maximum atomic E-state index is 13.1. The van der Waals surface area contributed by atoms with Gasteiger partial charge in [-0.1, -0.05) is 30.3 Å². The number of carboxylic acids is 3. The minimum atomic E-state index is -1.69. The van der Waals surface area contributed by atoms with Gasteiger partial charge in [0.25, 0.3) is 0 Å². The molecule has 210 valence electrons. The van der Waals surface area contributed by atoms with Crippen molar-refractivity contribution in [3.63, 3.8) is 0 Å². The highest BCUT2D eigenvalue weighted by Gasteiger charge is 2.32. The number of carbonyl (C=O) groups excluding carboxylic acids is 3. The quantitative estimate of drug-likeness (QED) is 0.119. The van der Waals surface area contributed by atoms with Gasteiger partial charge in [0.15, 0.2) is 0 Å². The first-order valence-corrected chi connectivity index (χ1v) is 11.8. The maximum Gasteiger partial charge on any atom is 0.326 e. The van der Waals surface area contributed by atoms with Crippen LogP contribution in [0.25, 0.3) is 0 Å². The van der Waals surface area contributed by atoms with Crippen LogP contribution >= 0.6 is 0 Å². The summed E-state index contributed by atoms with van der Waals surface area (Å²) in [6.07, 6.45) is 0.975. The van der Waals surface area contributed by atoms with Gasteiger partial charge in [-0.2, -0.15) is 0 Å². The molecule has 0 radical (unpaired) electrons. The van der Waals surface area contributed by atoms with Crippen molar-refractivity contribution >= 4 is 35.6 Å². The Balaban J connectivity index is 2.18. The van der Waals surface area contributed by atoms with Gasteiger partial charge in [0, 0.05) is 31.2 Å². The van der Waals surface area contributed by atoms with E-state index in [4.69, 9.17) is 10.8 Å². The maximum absolute atomic E-state index is 13.1. The lowest BCUT2D eigenvalue weighted by Gasteiger charge is -2.24. The Morgan fingerprint density at radius 1 is 0.821 bits per heavy atom. The van der Waals surface area contributed by atoms with Gasteiger partial charge in [-0.15, -0.1) is 0 Å². The molecule has 15 heteroatoms. The second kappa shape index (κ2) is 14.8. The molecule has 4 atom stereocenters. The molecule has 3 amide bonds. The highest BCUT2D eigenvalue weighted by molar-refractivity contribution is 5.95. The van der Waals surface area contributed by atoms with Crippen LogP contribution in [0.1, 0.15) is 30.5 Å². The molecule has 1 aromatic carbocycles. The molecule has 0 aliphatic rings. The summed E-state index contributed by atoms with van der Waals surface area (Å²) < 4.78 is 0. The van der Waals surface area contributed by atoms with Crippen molar-refractivity contribution in [2.45, 2.75) is 56.3 Å². The van der Waals surface area contributed by atoms with Crippen molar-refractivity contribution in [3.05, 3.63) is 54.1 Å². The van der Waals surface area contributed by atoms with Crippen LogP contribution in [0.3, 0.4) is 0 Å². The Hall–Kier alpha value is -4.79. The summed E-state index contributed by atoms with van der Waals surface area (Å²) >= 11 is 0. The molecule has 0 bridgehead atoms. The van der Waals surface area contributed by atoms with Crippen molar-refractivity contribution in [2.75, 3.05) is 0 Å². The molecule has 0 fully saturated rings. The number of carboxylic acid groups (broad SMARTS) is 3. The van der Waals surface area contributed by atoms with Crippen LogP contribution in [0, 0.1) is 0 Å². The minimum Gasteiger partial charge on any atom is -0.481 e. The molecule has 0 aliphatic heterocycles. The summed E-state index contributed by atoms with van der Waals surface area (Å²) in [6, 6.07) is 2.69. The predicted octanol–water partition coefficient (Wildman–Crippen LogP) is -1.60. The number of imidazole rings is 1. The van der Waals surface area contributed by atoms with E-state index in [1.54, 1.807) is 30.3 Å². The molecule has 0 saturated carbocycles. The van der Waals surface area contributed by atoms with Crippen LogP contribution in [0.5, 0.6) is 0 Å². The number of aliphatic carboxylic acids is 3. The van der Waals surface area contributed by atoms with Crippen molar-refractivity contribution in [1.82, 2.24) is 25.9 Å². The first-order valence-electron chi connectivity index (χ1n) is 11.8. The van der Waals surface area contributed by atoms with Gasteiger partial charge < -0.3 is 42.0 Å². The Labute approximate surface area is 222 Å². The van der Waals surface area contributed by atoms with Gasteiger partial charge in [-0.25, -0.2) is 9.78 Å². The lowest BCUT2D eigenvalue weighted by Crippen LogP contribution is -2.58. The average Bonchev–Trinajstić information content (AvgIpc) is 3.39. The van der Waals surface area contributed by atoms with Gasteiger partial charge in [0.2, 0.25) is 17.7 Å². The fourth-order valence-electron chi connectivity index (χ4n) is 3.49. The van der Waals surface area contributed by atoms with E-state index in [1.807, 2.05) is 0 Å². The molecule has 1 heterocycles. The number of carbonyl (C=O) groups is 6. The van der Waals surface area contributed by atoms with Gasteiger partial charge >= 0.3 is 17.9 Å². The SMILES string of the molecule is NC(CCC(=O)O)C(=O)NC(Cc1cnc[nH]1)C(=O)NC(CC(=O)O)C(=O)NC(Cc1ccccc1)C(=O)O. The Bertz CT molecular complexity index is 1160. The van der Waals surface area contributed by atoms with E-state index in [2.05, 4.69) is 25.9 Å². The molecule has 0 aliphatic carbocycles. The lowest BCUT2D eigenvalue weighted by molar-refractivity contribution is -0.143. The first-order chi connectivity index (χ1) is 18.5. The number of H-pyrrole nitrogens is 1. The van der Waals surface area contributed by atoms with Crippen LogP contribution in [0.2, 0.25) is 0 Å². The second-order valence-corrected chi connectivity index (χ2v) is 8.63. The summed E-state index contributed by atoms with van der Waals surface area (Å²) in [5, 5.41) is 34.5. The molecule has 2 rings (SSSR count). The second-order valence-electron chi connectivity index (χ2n) is 8.63. The van der Waals surface area contributed by atoms with Crippen molar-refractivity contribution in [1.29, 1.82) is 0 Å². The van der Waals surface area contributed by atoms with Crippen molar-refractivity contribution in [2.24, 2.45) is 5.73 Å². The van der Waals surface area contributed by atoms with Crippen molar-refractivity contribution in [3.8, 4) is 0 Å². The normalized spacial score (nSPS) is 13.8. The largest absolute Gasteiger partial charge is 0.481 e. The summed E-state index contributed by atoms with van der Waals surface area (Å²) in [5.74, 6) is -6.84. The van der Waals surface area contributed by atoms with Gasteiger partial charge in [-0.3, -0.25) is 24.0 Å². The summed E-state index contributed by atoms with van der Waals surface area (Å²) in [6.45, 7) is 0. The molecule has 2 aromatic rings. The number of hydrogen-bond acceptors (Lipinski definition) is 8. The van der Waals surface area contributed by atoms with E-state index in [0.29, 0.717) is 11.3 Å². The van der Waals surface area contributed by atoms with E-state index in [0.717, 1.165) is 0 Å². The molecule has 15 nitrogen and oxygen atoms in total. The third kappa shape index (κ3) is 10.6. The number of nitrogens with one attached hydrogen (secondary N) is 4. The molecule has 1 aromatic heterocycles. The average molecular weight is 547 g/mol. The van der Waals surface area contributed by atoms with E-state index in [9.17, 15) is 39.0 Å². The summed E-state index contributed by atoms with van der Waals surface area (Å²) in [5.41, 5.74) is 6.73. The topological polar surface area (TPSA) is 254 Å². The van der Waals surface area contributed by atoms with Crippen LogP contribution in [0.4, 0.5) is 0 Å². The smallest absolute Gasteiger partial charge is 0.326 e. The Morgan fingerprint density at radius 3 is 2.00 bits per heavy atom. The molecule has 39 heavy (non-hydrogen) atoms. The third-order valence-corrected chi connectivity index (χ3v) is 5.53. The molecular formula is C24H30N6O9. The number of aromatic nitrogens is 2. The van der Waals surface area contributed by atoms with E-state index < -0.39 is 66.2 Å². The zero-order valence-corrected chi connectivity index (χ0v) is 20.7. The van der Waals surface area contributed by atoms with Gasteiger partial charge in [0.1, 0.15) is 18.1 Å². The minimum absolute atomic E-state index is 0.0949. The predicted molar refractivity (Wildman–Crippen MR) is 133 cm³/mol. The number of amides is 3. The van der Waals surface area contributed by atoms with E-state index in [-0.39, 0.29) is 25.7 Å². The number of nitrogens with two attached hydrogens (primary N) is 1. The first kappa shape index (κ1) is 30.4. The number of rotatable bonds is 16. The number of nitrogens with zero attached hydrogens (tertiary/aromatic N) is 1. The molecule has 9 N–H and O–H groups in total. The Morgan fingerprint density at radius 2 is 1.44 bits per heavy atom. The zero-order chi connectivity index (χ0) is 28.9. The highest BCUT2D eigenvalue weighted by Crippen LogP contribution is 2.06. The van der Waals surface area contributed by atoms with E-state index >= 15 is 0 Å². The molecule has 0 spiro atoms. The highest BCUT2D eigenvalue weighted by atomic mass is 16.4. The Kier molecular flexibility index (Phi) is 11.6. The van der Waals surface area contributed by atoms with Crippen LogP contribution in [0.15, 0.2) is 42.9 Å². The fraction of sp³-hybridized carbons (Fsp3) is 0.375. The van der Waals surface area contributed by atoms with E-state index in [1.165, 1.54) is 12.5 Å². The third-order valence-electron chi connectivity index (χ3n) is 5.53. The monoisotopic (exact) mass is 546 g/mol. The van der Waals surface area contributed by atoms with Crippen molar-refractivity contribution < 1.29 is 44.1 Å². The molecule has 4 unspecified atom stereocenters. The zero-order valence-electron chi connectivity index (χ0n) is 20.7. The molecular weight excluding hydrogens is 516 g/mol. The summed E-state index contributed by atoms with van der Waals surface area (Å²) in [4.78, 5) is 79.1. The van der Waals surface area contributed by atoms with Crippen LogP contribution < -0.4 is 21.7 Å². The van der Waals surface area contributed by atoms with Crippen LogP contribution in [-0.2, 0) is 41.6 Å². The lowest BCUT2D eigenvalue weighted by atomic mass is 10.0. The fourth-order valence-corrected chi connectivity index (χ4v) is 3.49. The number of aromatic amines is 1. The molecule has 0 saturated heterocycles. The van der Waals surface area contributed by atoms with Gasteiger partial charge in [0.05, 0.1) is 18.8 Å². The number of hydrogen-bond donors (Lipinski definition) is 8. The summed E-state index contributed by atoms with van der Waals surface area (Å²) in [7, 11) is 0. The van der Waals surface area contributed by atoms with Gasteiger partial charge in [-0.05, 0) is 12.0 Å². The standard InChI is InChI=1S/C24H30N6O9/c25-15(6-7-19(31)32)21(35)28-16(9-14-11-26-12-27-14)22(36)29-17(10-20(33)34)23(37)30-18(24(38)39)8-13-4-2-1-3-5-13/h1-5,11-12,15-18H,6-10,25H2,(H,26,27)(H,28,35)(H,29,36)(H,30,37)(H,31,32)(H,33,34)(H,38,39). The number of benzene rings is 1. The van der Waals surface area contributed by atoms with Crippen LogP contribution in [-0.4, -0.2) is 85.1 Å².